The molecule has 7 nitrogen and oxygen atoms in total. The first-order valence-corrected chi connectivity index (χ1v) is 7.45. The van der Waals surface area contributed by atoms with Crippen molar-refractivity contribution < 1.29 is 88.9 Å². The monoisotopic (exact) mass is 562 g/mol. The van der Waals surface area contributed by atoms with E-state index in [-0.39, 0.29) is 0 Å². The van der Waals surface area contributed by atoms with Gasteiger partial charge in [0.25, 0.3) is 0 Å². The summed E-state index contributed by atoms with van der Waals surface area (Å²) in [5, 5.41) is 4.85. The third kappa shape index (κ3) is 5.30. The molecular weight excluding hydrogens is 559 g/mol. The van der Waals surface area contributed by atoms with Gasteiger partial charge in [-0.15, -0.1) is 0 Å². The molecule has 204 valence electrons. The number of aromatic amines is 1. The van der Waals surface area contributed by atoms with Crippen LogP contribution in [-0.2, 0) is 14.3 Å². The highest BCUT2D eigenvalue weighted by Crippen LogP contribution is 2.56. The molecule has 24 heteroatoms. The van der Waals surface area contributed by atoms with Crippen LogP contribution in [0.1, 0.15) is 0 Å². The quantitative estimate of drug-likeness (QED) is 0.452. The lowest BCUT2D eigenvalue weighted by Crippen LogP contribution is -2.68. The molecule has 0 aliphatic heterocycles. The number of carbonyl (C=O) groups is 1. The predicted molar refractivity (Wildman–Crippen MR) is 67.9 cm³/mol. The van der Waals surface area contributed by atoms with E-state index in [0.29, 0.717) is 11.6 Å². The number of H-pyrrole nitrogens is 1. The Balaban J connectivity index is 3.60. The number of hydrogen-bond acceptors (Lipinski definition) is 5. The molecular formula is C11H3F17N4O3. The second-order valence-corrected chi connectivity index (χ2v) is 5.78. The van der Waals surface area contributed by atoms with Gasteiger partial charge in [0.1, 0.15) is 6.33 Å². The van der Waals surface area contributed by atoms with Gasteiger partial charge in [-0.2, -0.15) is 84.7 Å². The van der Waals surface area contributed by atoms with Gasteiger partial charge in [-0.1, -0.05) is 0 Å². The largest absolute Gasteiger partial charge is 0.462 e. The van der Waals surface area contributed by atoms with E-state index in [1.807, 2.05) is 4.74 Å². The molecule has 0 bridgehead atoms. The highest BCUT2D eigenvalue weighted by molar-refractivity contribution is 5.95. The van der Waals surface area contributed by atoms with E-state index in [4.69, 9.17) is 0 Å². The Morgan fingerprint density at radius 3 is 1.54 bits per heavy atom. The van der Waals surface area contributed by atoms with Crippen LogP contribution in [-0.4, -0.2) is 69.5 Å². The van der Waals surface area contributed by atoms with Crippen LogP contribution in [0, 0.1) is 0 Å². The van der Waals surface area contributed by atoms with E-state index in [1.165, 1.54) is 9.84 Å². The van der Waals surface area contributed by atoms with Gasteiger partial charge < -0.3 is 0 Å². The number of rotatable bonds is 8. The highest BCUT2D eigenvalue weighted by Gasteiger charge is 2.85. The summed E-state index contributed by atoms with van der Waals surface area (Å²) in [4.78, 5) is 14.2. The first-order valence-electron chi connectivity index (χ1n) is 7.45. The van der Waals surface area contributed by atoms with Gasteiger partial charge in [-0.25, -0.2) is 5.10 Å². The molecule has 0 aromatic carbocycles. The molecule has 1 aromatic rings. The lowest BCUT2D eigenvalue weighted by Gasteiger charge is -2.40. The van der Waals surface area contributed by atoms with Crippen LogP contribution in [0.25, 0.3) is 0 Å². The molecule has 1 heterocycles. The molecule has 0 fully saturated rings. The molecule has 2 N–H and O–H groups in total. The zero-order chi connectivity index (χ0) is 28.1. The average molecular weight is 562 g/mol. The van der Waals surface area contributed by atoms with Crippen molar-refractivity contribution in [3.8, 4) is 0 Å². The summed E-state index contributed by atoms with van der Waals surface area (Å²) in [6.45, 7) is 0. The maximum atomic E-state index is 14.1. The fraction of sp³-hybridized carbons (Fsp3) is 0.727. The molecule has 0 saturated carbocycles. The van der Waals surface area contributed by atoms with Crippen molar-refractivity contribution in [1.82, 2.24) is 15.2 Å². The molecule has 1 rings (SSSR count). The van der Waals surface area contributed by atoms with Gasteiger partial charge in [0, 0.05) is 0 Å². The number of anilines is 1. The summed E-state index contributed by atoms with van der Waals surface area (Å²) < 4.78 is 223. The molecule has 0 aliphatic carbocycles. The van der Waals surface area contributed by atoms with Gasteiger partial charge in [0.15, 0.2) is 0 Å². The topological polar surface area (TPSA) is 89.1 Å². The smallest absolute Gasteiger partial charge is 0.290 e. The maximum Gasteiger partial charge on any atom is 0.462 e. The summed E-state index contributed by atoms with van der Waals surface area (Å²) in [5.74, 6) is -27.8. The minimum absolute atomic E-state index is 0.353. The Labute approximate surface area is 177 Å². The van der Waals surface area contributed by atoms with Crippen LogP contribution >= 0.6 is 0 Å². The number of carbonyl (C=O) groups excluding carboxylic acids is 1. The van der Waals surface area contributed by atoms with Gasteiger partial charge in [0.2, 0.25) is 5.95 Å². The van der Waals surface area contributed by atoms with Crippen LogP contribution in [0.3, 0.4) is 0 Å². The van der Waals surface area contributed by atoms with Crippen molar-refractivity contribution in [3.63, 3.8) is 0 Å². The fourth-order valence-electron chi connectivity index (χ4n) is 1.62. The molecule has 1 amide bonds. The second-order valence-electron chi connectivity index (χ2n) is 5.78. The average Bonchev–Trinajstić information content (AvgIpc) is 3.10. The summed E-state index contributed by atoms with van der Waals surface area (Å²) >= 11 is 0. The Morgan fingerprint density at radius 2 is 1.20 bits per heavy atom. The molecule has 1 aromatic heterocycles. The van der Waals surface area contributed by atoms with Crippen molar-refractivity contribution in [2.75, 3.05) is 5.32 Å². The van der Waals surface area contributed by atoms with E-state index in [9.17, 15) is 79.4 Å². The fourth-order valence-corrected chi connectivity index (χ4v) is 1.62. The summed E-state index contributed by atoms with van der Waals surface area (Å²) in [6, 6.07) is 0. The molecule has 35 heavy (non-hydrogen) atoms. The van der Waals surface area contributed by atoms with Gasteiger partial charge in [0.05, 0.1) is 0 Å². The molecule has 0 spiro atoms. The number of nitrogens with zero attached hydrogens (tertiary/aromatic N) is 2. The number of halogens is 17. The third-order valence-electron chi connectivity index (χ3n) is 3.30. The van der Waals surface area contributed by atoms with E-state index in [1.54, 1.807) is 0 Å². The third-order valence-corrected chi connectivity index (χ3v) is 3.30. The van der Waals surface area contributed by atoms with Crippen LogP contribution in [0.4, 0.5) is 80.6 Å². The SMILES string of the molecule is O=C(Nc1ncn[nH]1)[C@@](F)(OC(F)(F)[C@@](F)(OC(F)(F)C(F)(F)C(F)(F)F)C(F)(F)F)C(F)(F)F. The Bertz CT molecular complexity index is 895. The molecule has 0 saturated heterocycles. The molecule has 2 atom stereocenters. The minimum Gasteiger partial charge on any atom is -0.290 e. The Morgan fingerprint density at radius 1 is 0.714 bits per heavy atom. The van der Waals surface area contributed by atoms with Crippen molar-refractivity contribution in [3.05, 3.63) is 6.33 Å². The molecule has 0 unspecified atom stereocenters. The van der Waals surface area contributed by atoms with Crippen molar-refractivity contribution in [2.24, 2.45) is 0 Å². The summed E-state index contributed by atoms with van der Waals surface area (Å²) in [5.41, 5.74) is 0. The van der Waals surface area contributed by atoms with Gasteiger partial charge in [-0.3, -0.25) is 19.6 Å². The first-order chi connectivity index (χ1) is 15.2. The van der Waals surface area contributed by atoms with E-state index in [2.05, 4.69) is 10.1 Å². The number of alkyl halides is 17. The van der Waals surface area contributed by atoms with Crippen LogP contribution in [0.5, 0.6) is 0 Å². The van der Waals surface area contributed by atoms with E-state index < -0.39 is 60.2 Å². The van der Waals surface area contributed by atoms with E-state index in [0.717, 1.165) is 0 Å². The van der Waals surface area contributed by atoms with E-state index >= 15 is 0 Å². The highest BCUT2D eigenvalue weighted by atomic mass is 19.4. The van der Waals surface area contributed by atoms with Crippen molar-refractivity contribution >= 4 is 11.9 Å². The lowest BCUT2D eigenvalue weighted by atomic mass is 10.2. The minimum atomic E-state index is -8.08. The Kier molecular flexibility index (Phi) is 7.36. The number of amides is 1. The number of ether oxygens (including phenoxy) is 2. The number of nitrogens with one attached hydrogen (secondary N) is 2. The van der Waals surface area contributed by atoms with Crippen LogP contribution in [0.2, 0.25) is 0 Å². The molecule has 0 aliphatic rings. The van der Waals surface area contributed by atoms with Crippen LogP contribution < -0.4 is 5.32 Å². The number of hydrogen-bond donors (Lipinski definition) is 2. The Hall–Kier alpha value is -2.66. The van der Waals surface area contributed by atoms with Crippen molar-refractivity contribution in [2.45, 2.75) is 48.4 Å². The van der Waals surface area contributed by atoms with Gasteiger partial charge in [-0.05, 0) is 0 Å². The zero-order valence-corrected chi connectivity index (χ0v) is 15.1. The molecule has 0 radical (unpaired) electrons. The first kappa shape index (κ1) is 30.4. The summed E-state index contributed by atoms with van der Waals surface area (Å²) in [7, 11) is 0. The number of aromatic nitrogens is 3. The summed E-state index contributed by atoms with van der Waals surface area (Å²) in [6.07, 6.45) is -38.3. The second kappa shape index (κ2) is 8.48. The normalized spacial score (nSPS) is 18.1. The standard InChI is InChI=1S/C11H3F17N4O3/c12-4(7(16,17)18,2(33)31-3-29-1-30-32-3)34-11(27,28)6(15,9(22,23)24)35-10(25,26)5(13,14)8(19,20)21/h1H,(H2,29,30,31,32,33)/t4-,6+/m1/s1. The zero-order valence-electron chi connectivity index (χ0n) is 15.1. The van der Waals surface area contributed by atoms with Crippen LogP contribution in [0.15, 0.2) is 6.33 Å². The lowest BCUT2D eigenvalue weighted by molar-refractivity contribution is -0.548. The predicted octanol–water partition coefficient (Wildman–Crippen LogP) is 4.62. The van der Waals surface area contributed by atoms with Gasteiger partial charge >= 0.3 is 54.3 Å². The van der Waals surface area contributed by atoms with Crippen molar-refractivity contribution in [1.29, 1.82) is 0 Å². The maximum absolute atomic E-state index is 14.1.